The number of hydrogen-bond donors (Lipinski definition) is 3. The van der Waals surface area contributed by atoms with Crippen LogP contribution in [0.15, 0.2) is 0 Å². The van der Waals surface area contributed by atoms with Gasteiger partial charge in [-0.2, -0.15) is 0 Å². The van der Waals surface area contributed by atoms with Gasteiger partial charge in [0.15, 0.2) is 0 Å². The van der Waals surface area contributed by atoms with E-state index < -0.39 is 35.1 Å². The standard InChI is InChI=1S/C36H64N2O11/c1-35(2,3)48-33(44)18-10-8-7-9-17-30(40)37-23-15-27-47-26-14-13-25-46-24-12-11-16-28(39)19-21-31(41)38-29(20-22-32(42)43)34(45)49-36(4,5)6/h29H,7-27H2,1-6H3,(H,37,40)(H,38,41)(H,42,43)/t29-/m0/s1. The van der Waals surface area contributed by atoms with E-state index in [2.05, 4.69) is 10.6 Å². The van der Waals surface area contributed by atoms with Crippen molar-refractivity contribution in [3.05, 3.63) is 0 Å². The van der Waals surface area contributed by atoms with Crippen LogP contribution in [-0.2, 0) is 47.7 Å². The summed E-state index contributed by atoms with van der Waals surface area (Å²) in [7, 11) is 0. The largest absolute Gasteiger partial charge is 0.481 e. The summed E-state index contributed by atoms with van der Waals surface area (Å²) in [6.07, 6.45) is 8.03. The predicted molar refractivity (Wildman–Crippen MR) is 185 cm³/mol. The molecule has 0 spiro atoms. The minimum atomic E-state index is -1.09. The molecule has 0 fully saturated rings. The minimum Gasteiger partial charge on any atom is -0.481 e. The molecule has 1 atom stereocenters. The first kappa shape index (κ1) is 45.9. The Hall–Kier alpha value is -3.06. The third kappa shape index (κ3) is 31.9. The van der Waals surface area contributed by atoms with E-state index in [1.165, 1.54) is 0 Å². The van der Waals surface area contributed by atoms with Crippen molar-refractivity contribution in [2.75, 3.05) is 33.0 Å². The topological polar surface area (TPSA) is 184 Å². The number of amides is 2. The maximum Gasteiger partial charge on any atom is 0.329 e. The first-order chi connectivity index (χ1) is 23.0. The van der Waals surface area contributed by atoms with Crippen molar-refractivity contribution in [3.63, 3.8) is 0 Å². The van der Waals surface area contributed by atoms with Crippen LogP contribution in [-0.4, -0.2) is 90.8 Å². The summed E-state index contributed by atoms with van der Waals surface area (Å²) in [6, 6.07) is -1.08. The van der Waals surface area contributed by atoms with Gasteiger partial charge in [-0.15, -0.1) is 0 Å². The monoisotopic (exact) mass is 700 g/mol. The number of ether oxygens (including phenoxy) is 4. The highest BCUT2D eigenvalue weighted by molar-refractivity contribution is 5.88. The third-order valence-corrected chi connectivity index (χ3v) is 6.87. The zero-order valence-corrected chi connectivity index (χ0v) is 31.0. The Morgan fingerprint density at radius 3 is 1.67 bits per heavy atom. The highest BCUT2D eigenvalue weighted by Gasteiger charge is 2.27. The second kappa shape index (κ2) is 26.8. The lowest BCUT2D eigenvalue weighted by Crippen LogP contribution is -2.44. The van der Waals surface area contributed by atoms with Gasteiger partial charge < -0.3 is 34.7 Å². The van der Waals surface area contributed by atoms with Crippen LogP contribution in [0.3, 0.4) is 0 Å². The van der Waals surface area contributed by atoms with Gasteiger partial charge in [-0.25, -0.2) is 4.79 Å². The molecule has 0 aliphatic carbocycles. The number of carboxylic acid groups (broad SMARTS) is 1. The van der Waals surface area contributed by atoms with Crippen LogP contribution in [0.4, 0.5) is 0 Å². The lowest BCUT2D eigenvalue weighted by molar-refractivity contribution is -0.159. The molecule has 0 rings (SSSR count). The number of carboxylic acids is 1. The van der Waals surface area contributed by atoms with Crippen molar-refractivity contribution in [1.29, 1.82) is 0 Å². The Balaban J connectivity index is 3.69. The highest BCUT2D eigenvalue weighted by Crippen LogP contribution is 2.13. The van der Waals surface area contributed by atoms with Gasteiger partial charge in [0.25, 0.3) is 0 Å². The lowest BCUT2D eigenvalue weighted by Gasteiger charge is -2.24. The normalized spacial score (nSPS) is 12.2. The molecule has 0 saturated carbocycles. The van der Waals surface area contributed by atoms with Crippen LogP contribution in [0.25, 0.3) is 0 Å². The van der Waals surface area contributed by atoms with E-state index in [-0.39, 0.29) is 43.3 Å². The smallest absolute Gasteiger partial charge is 0.329 e. The van der Waals surface area contributed by atoms with E-state index in [9.17, 15) is 28.8 Å². The van der Waals surface area contributed by atoms with E-state index >= 15 is 0 Å². The zero-order chi connectivity index (χ0) is 37.1. The molecule has 284 valence electrons. The Morgan fingerprint density at radius 2 is 1.10 bits per heavy atom. The number of hydrogen-bond acceptors (Lipinski definition) is 10. The molecule has 0 bridgehead atoms. The number of Topliss-reactive ketones (excluding diaryl/α,β-unsaturated/α-hetero) is 1. The van der Waals surface area contributed by atoms with Gasteiger partial charge in [0.05, 0.1) is 0 Å². The van der Waals surface area contributed by atoms with Gasteiger partial charge in [-0.3, -0.25) is 24.0 Å². The van der Waals surface area contributed by atoms with Gasteiger partial charge in [0, 0.05) is 71.5 Å². The number of aliphatic carboxylic acids is 1. The predicted octanol–water partition coefficient (Wildman–Crippen LogP) is 5.20. The summed E-state index contributed by atoms with van der Waals surface area (Å²) in [5.74, 6) is -2.48. The molecule has 0 aliphatic heterocycles. The van der Waals surface area contributed by atoms with Gasteiger partial charge in [-0.1, -0.05) is 12.8 Å². The molecule has 0 heterocycles. The van der Waals surface area contributed by atoms with Crippen LogP contribution in [0, 0.1) is 0 Å². The Morgan fingerprint density at radius 1 is 0.571 bits per heavy atom. The maximum atomic E-state index is 12.4. The third-order valence-electron chi connectivity index (χ3n) is 6.87. The summed E-state index contributed by atoms with van der Waals surface area (Å²) >= 11 is 0. The molecule has 0 saturated heterocycles. The Kier molecular flexibility index (Phi) is 25.1. The Labute approximate surface area is 293 Å². The van der Waals surface area contributed by atoms with Crippen molar-refractivity contribution in [2.24, 2.45) is 0 Å². The van der Waals surface area contributed by atoms with Gasteiger partial charge in [0.1, 0.15) is 23.0 Å². The van der Waals surface area contributed by atoms with Crippen molar-refractivity contribution < 1.29 is 52.8 Å². The molecular weight excluding hydrogens is 636 g/mol. The SMILES string of the molecule is CC(C)(C)OC(=O)CCCCCCC(=O)NCCCOCCCCOCCCCC(=O)CCC(=O)N[C@@H](CCC(=O)O)C(=O)OC(C)(C)C. The number of unbranched alkanes of at least 4 members (excludes halogenated alkanes) is 5. The fraction of sp³-hybridized carbons (Fsp3) is 0.833. The van der Waals surface area contributed by atoms with E-state index in [1.54, 1.807) is 20.8 Å². The van der Waals surface area contributed by atoms with Crippen molar-refractivity contribution in [3.8, 4) is 0 Å². The van der Waals surface area contributed by atoms with Crippen LogP contribution < -0.4 is 10.6 Å². The van der Waals surface area contributed by atoms with Crippen molar-refractivity contribution in [1.82, 2.24) is 10.6 Å². The number of ketones is 1. The van der Waals surface area contributed by atoms with Gasteiger partial charge >= 0.3 is 17.9 Å². The second-order valence-corrected chi connectivity index (χ2v) is 14.2. The summed E-state index contributed by atoms with van der Waals surface area (Å²) in [6.45, 7) is 13.5. The van der Waals surface area contributed by atoms with Gasteiger partial charge in [0.2, 0.25) is 11.8 Å². The summed E-state index contributed by atoms with van der Waals surface area (Å²) in [5.41, 5.74) is -1.23. The van der Waals surface area contributed by atoms with Crippen LogP contribution in [0.2, 0.25) is 0 Å². The number of carbonyl (C=O) groups is 6. The molecule has 0 aromatic rings. The molecule has 0 radical (unpaired) electrons. The van der Waals surface area contributed by atoms with Crippen molar-refractivity contribution in [2.45, 2.75) is 162 Å². The molecule has 2 amide bonds. The molecule has 13 heteroatoms. The summed E-state index contributed by atoms with van der Waals surface area (Å²) < 4.78 is 21.8. The van der Waals surface area contributed by atoms with E-state index in [1.807, 2.05) is 20.8 Å². The first-order valence-electron chi connectivity index (χ1n) is 17.9. The molecule has 0 unspecified atom stereocenters. The Bertz CT molecular complexity index is 986. The van der Waals surface area contributed by atoms with E-state index in [0.717, 1.165) is 51.4 Å². The first-order valence-corrected chi connectivity index (χ1v) is 17.9. The number of nitrogens with one attached hydrogen (secondary N) is 2. The molecule has 0 aromatic carbocycles. The average Bonchev–Trinajstić information content (AvgIpc) is 2.98. The molecule has 0 aromatic heterocycles. The number of esters is 2. The molecule has 49 heavy (non-hydrogen) atoms. The average molecular weight is 701 g/mol. The van der Waals surface area contributed by atoms with E-state index in [0.29, 0.717) is 58.7 Å². The zero-order valence-electron chi connectivity index (χ0n) is 31.0. The van der Waals surface area contributed by atoms with Crippen molar-refractivity contribution >= 4 is 35.5 Å². The highest BCUT2D eigenvalue weighted by atomic mass is 16.6. The van der Waals surface area contributed by atoms with Crippen LogP contribution in [0.5, 0.6) is 0 Å². The van der Waals surface area contributed by atoms with Gasteiger partial charge in [-0.05, 0) is 92.9 Å². The van der Waals surface area contributed by atoms with E-state index in [4.69, 9.17) is 24.1 Å². The second-order valence-electron chi connectivity index (χ2n) is 14.2. The van der Waals surface area contributed by atoms with Crippen LogP contribution in [0.1, 0.15) is 144 Å². The molecular formula is C36H64N2O11. The van der Waals surface area contributed by atoms with Crippen LogP contribution >= 0.6 is 0 Å². The molecule has 3 N–H and O–H groups in total. The number of carbonyl (C=O) groups excluding carboxylic acids is 5. The number of rotatable bonds is 29. The molecule has 0 aliphatic rings. The quantitative estimate of drug-likeness (QED) is 0.0689. The molecule has 13 nitrogen and oxygen atoms in total. The summed E-state index contributed by atoms with van der Waals surface area (Å²) in [5, 5.41) is 14.3. The fourth-order valence-electron chi connectivity index (χ4n) is 4.46. The maximum absolute atomic E-state index is 12.4. The lowest BCUT2D eigenvalue weighted by atomic mass is 10.1. The summed E-state index contributed by atoms with van der Waals surface area (Å²) in [4.78, 5) is 71.4. The fourth-order valence-corrected chi connectivity index (χ4v) is 4.46. The minimum absolute atomic E-state index is 0.0395.